The summed E-state index contributed by atoms with van der Waals surface area (Å²) in [7, 11) is 2.90. The lowest BCUT2D eigenvalue weighted by Crippen LogP contribution is -2.62. The van der Waals surface area contributed by atoms with Gasteiger partial charge in [-0.3, -0.25) is 23.9 Å². The maximum Gasteiger partial charge on any atom is 0.425 e. The number of aromatic nitrogens is 2. The number of nitrogens with one attached hydrogen (secondary N) is 3. The van der Waals surface area contributed by atoms with E-state index in [0.29, 0.717) is 23.5 Å². The second-order valence-electron chi connectivity index (χ2n) is 9.87. The fourth-order valence-corrected chi connectivity index (χ4v) is 5.40. The van der Waals surface area contributed by atoms with Crippen LogP contribution in [-0.4, -0.2) is 41.8 Å². The molecule has 2 amide bonds. The van der Waals surface area contributed by atoms with E-state index in [1.54, 1.807) is 18.2 Å². The van der Waals surface area contributed by atoms with Crippen molar-refractivity contribution in [1.82, 2.24) is 14.9 Å². The molecule has 0 radical (unpaired) electrons. The number of benzene rings is 1. The highest BCUT2D eigenvalue weighted by Gasteiger charge is 2.68. The number of amides is 2. The Balaban J connectivity index is 1.66. The number of hydrogen-bond donors (Lipinski definition) is 3. The van der Waals surface area contributed by atoms with E-state index in [-0.39, 0.29) is 25.3 Å². The summed E-state index contributed by atoms with van der Waals surface area (Å²) in [5, 5.41) is 3.88. The van der Waals surface area contributed by atoms with Crippen LogP contribution in [0.2, 0.25) is 0 Å². The fourth-order valence-electron chi connectivity index (χ4n) is 5.40. The Kier molecular flexibility index (Phi) is 8.07. The van der Waals surface area contributed by atoms with Crippen LogP contribution in [0.5, 0.6) is 11.5 Å². The van der Waals surface area contributed by atoms with Crippen molar-refractivity contribution >= 4 is 17.6 Å². The van der Waals surface area contributed by atoms with Gasteiger partial charge in [-0.05, 0) is 36.5 Å². The first-order valence-corrected chi connectivity index (χ1v) is 12.8. The maximum atomic E-state index is 14.6. The lowest BCUT2D eigenvalue weighted by Gasteiger charge is -2.30. The summed E-state index contributed by atoms with van der Waals surface area (Å²) in [4.78, 5) is 53.0. The minimum Gasteiger partial charge on any atom is -0.493 e. The monoisotopic (exact) mass is 552 g/mol. The number of halogens is 3. The van der Waals surface area contributed by atoms with E-state index >= 15 is 0 Å². The van der Waals surface area contributed by atoms with Gasteiger partial charge in [-0.2, -0.15) is 13.2 Å². The van der Waals surface area contributed by atoms with Crippen LogP contribution in [-0.2, 0) is 28.1 Å². The molecule has 1 atom stereocenters. The normalized spacial score (nSPS) is 19.4. The highest BCUT2D eigenvalue weighted by atomic mass is 19.4. The summed E-state index contributed by atoms with van der Waals surface area (Å²) in [5.74, 6) is -2.14. The van der Waals surface area contributed by atoms with Crippen LogP contribution < -0.4 is 31.4 Å². The summed E-state index contributed by atoms with van der Waals surface area (Å²) < 4.78 is 55.0. The van der Waals surface area contributed by atoms with E-state index in [1.807, 2.05) is 10.3 Å². The summed E-state index contributed by atoms with van der Waals surface area (Å²) in [6.07, 6.45) is -0.164. The minimum absolute atomic E-state index is 0.140. The van der Waals surface area contributed by atoms with E-state index in [4.69, 9.17) is 9.47 Å². The van der Waals surface area contributed by atoms with Gasteiger partial charge >= 0.3 is 11.9 Å². The van der Waals surface area contributed by atoms with Crippen molar-refractivity contribution in [1.29, 1.82) is 0 Å². The number of alkyl halides is 3. The molecule has 10 nitrogen and oxygen atoms in total. The lowest BCUT2D eigenvalue weighted by atomic mass is 9.85. The van der Waals surface area contributed by atoms with Gasteiger partial charge in [0.15, 0.2) is 11.5 Å². The largest absolute Gasteiger partial charge is 0.493 e. The molecular weight excluding hydrogens is 521 g/mol. The Labute approximate surface area is 221 Å². The van der Waals surface area contributed by atoms with Gasteiger partial charge in [-0.15, -0.1) is 0 Å². The number of nitrogens with zero attached hydrogens (tertiary/aromatic N) is 1. The number of carbonyl (C=O) groups is 2. The van der Waals surface area contributed by atoms with Crippen LogP contribution in [0.25, 0.3) is 0 Å². The number of hydrogen-bond acceptors (Lipinski definition) is 6. The molecule has 1 aliphatic heterocycles. The van der Waals surface area contributed by atoms with Gasteiger partial charge in [-0.1, -0.05) is 38.2 Å². The molecule has 1 aromatic carbocycles. The average molecular weight is 553 g/mol. The van der Waals surface area contributed by atoms with E-state index in [0.717, 1.165) is 36.7 Å². The number of ether oxygens (including phenoxy) is 2. The second-order valence-corrected chi connectivity index (χ2v) is 9.87. The van der Waals surface area contributed by atoms with Crippen molar-refractivity contribution in [2.45, 2.75) is 69.6 Å². The fraction of sp³-hybridized carbons (Fsp3) is 0.538. The van der Waals surface area contributed by atoms with Gasteiger partial charge < -0.3 is 20.1 Å². The highest BCUT2D eigenvalue weighted by molar-refractivity contribution is 6.07. The standard InChI is InChI=1S/C26H31F3N4O6/c1-38-17-10-8-16(14-18(17)39-2)12-13-33-21-20(22(35)31-24(33)37)25(23(36)30-21,26(27,28)29)32-19(34)11-9-15-6-4-3-5-7-15/h8,10,14-15H,3-7,9,11-13H2,1-2H3,(H,30,36)(H,32,34)(H,31,35,37)/t25-/m0/s1. The molecule has 2 aliphatic rings. The molecule has 0 saturated heterocycles. The number of fused-ring (bicyclic) bond motifs is 1. The van der Waals surface area contributed by atoms with Gasteiger partial charge in [-0.25, -0.2) is 4.79 Å². The first-order chi connectivity index (χ1) is 18.5. The highest BCUT2D eigenvalue weighted by Crippen LogP contribution is 2.45. The Morgan fingerprint density at radius 2 is 1.79 bits per heavy atom. The molecule has 13 heteroatoms. The van der Waals surface area contributed by atoms with Crippen molar-refractivity contribution < 1.29 is 32.2 Å². The zero-order chi connectivity index (χ0) is 28.4. The molecule has 1 aromatic heterocycles. The van der Waals surface area contributed by atoms with Gasteiger partial charge in [0.1, 0.15) is 11.4 Å². The van der Waals surface area contributed by atoms with Gasteiger partial charge in [0.25, 0.3) is 11.5 Å². The van der Waals surface area contributed by atoms with Gasteiger partial charge in [0, 0.05) is 13.0 Å². The molecule has 0 unspecified atom stereocenters. The first kappa shape index (κ1) is 28.2. The Hall–Kier alpha value is -3.77. The minimum atomic E-state index is -5.36. The molecule has 3 N–H and O–H groups in total. The van der Waals surface area contributed by atoms with E-state index in [1.165, 1.54) is 14.2 Å². The van der Waals surface area contributed by atoms with E-state index < -0.39 is 46.2 Å². The van der Waals surface area contributed by atoms with Gasteiger partial charge in [0.2, 0.25) is 11.4 Å². The summed E-state index contributed by atoms with van der Waals surface area (Å²) >= 11 is 0. The number of H-pyrrole nitrogens is 1. The molecule has 212 valence electrons. The van der Waals surface area contributed by atoms with Crippen molar-refractivity contribution in [2.75, 3.05) is 19.5 Å². The smallest absolute Gasteiger partial charge is 0.425 e. The Morgan fingerprint density at radius 3 is 2.44 bits per heavy atom. The predicted octanol–water partition coefficient (Wildman–Crippen LogP) is 2.98. The van der Waals surface area contributed by atoms with Gasteiger partial charge in [0.05, 0.1) is 14.2 Å². The molecule has 1 fully saturated rings. The summed E-state index contributed by atoms with van der Waals surface area (Å²) in [5.41, 5.74) is -6.43. The van der Waals surface area contributed by atoms with Crippen LogP contribution in [0.15, 0.2) is 27.8 Å². The molecule has 39 heavy (non-hydrogen) atoms. The van der Waals surface area contributed by atoms with Crippen molar-refractivity contribution in [3.05, 3.63) is 50.2 Å². The van der Waals surface area contributed by atoms with Crippen LogP contribution in [0, 0.1) is 5.92 Å². The third-order valence-electron chi connectivity index (χ3n) is 7.48. The first-order valence-electron chi connectivity index (χ1n) is 12.8. The van der Waals surface area contributed by atoms with Crippen LogP contribution in [0.3, 0.4) is 0 Å². The topological polar surface area (TPSA) is 132 Å². The van der Waals surface area contributed by atoms with Crippen LogP contribution >= 0.6 is 0 Å². The number of aryl methyl sites for hydroxylation is 1. The number of rotatable bonds is 9. The molecule has 0 bridgehead atoms. The SMILES string of the molecule is COc1ccc(CCn2c3c(c(=O)[nH]c2=O)[C@@](NC(=O)CCC2CCCCC2)(C(F)(F)F)C(=O)N3)cc1OC. The lowest BCUT2D eigenvalue weighted by molar-refractivity contribution is -0.200. The van der Waals surface area contributed by atoms with E-state index in [2.05, 4.69) is 5.32 Å². The third kappa shape index (κ3) is 5.39. The quantitative estimate of drug-likeness (QED) is 0.438. The van der Waals surface area contributed by atoms with Crippen LogP contribution in [0.1, 0.15) is 56.1 Å². The molecule has 4 rings (SSSR count). The molecule has 1 saturated carbocycles. The Morgan fingerprint density at radius 1 is 1.10 bits per heavy atom. The predicted molar refractivity (Wildman–Crippen MR) is 135 cm³/mol. The van der Waals surface area contributed by atoms with Crippen molar-refractivity contribution in [3.8, 4) is 11.5 Å². The zero-order valence-electron chi connectivity index (χ0n) is 21.7. The summed E-state index contributed by atoms with van der Waals surface area (Å²) in [6, 6.07) is 4.96. The molecule has 2 aromatic rings. The molecule has 2 heterocycles. The Bertz CT molecular complexity index is 1360. The number of aromatic amines is 1. The second kappa shape index (κ2) is 11.1. The number of carbonyl (C=O) groups excluding carboxylic acids is 2. The maximum absolute atomic E-state index is 14.6. The van der Waals surface area contributed by atoms with Crippen molar-refractivity contribution in [2.24, 2.45) is 5.92 Å². The van der Waals surface area contributed by atoms with E-state index in [9.17, 15) is 32.3 Å². The third-order valence-corrected chi connectivity index (χ3v) is 7.48. The zero-order valence-corrected chi connectivity index (χ0v) is 21.7. The average Bonchev–Trinajstić information content (AvgIpc) is 3.20. The molecular formula is C26H31F3N4O6. The van der Waals surface area contributed by atoms with Crippen molar-refractivity contribution in [3.63, 3.8) is 0 Å². The molecule has 1 aliphatic carbocycles. The molecule has 0 spiro atoms. The number of anilines is 1. The summed E-state index contributed by atoms with van der Waals surface area (Å²) in [6.45, 7) is -0.183. The van der Waals surface area contributed by atoms with Crippen LogP contribution in [0.4, 0.5) is 19.0 Å². The number of methoxy groups -OCH3 is 2.